The summed E-state index contributed by atoms with van der Waals surface area (Å²) in [4.78, 5) is 22.9. The molecule has 2 rings (SSSR count). The molecule has 1 aromatic carbocycles. The standard InChI is InChI=1S/C12H11Cl2NO3/c1-5-2-7(5)11(16)15-10-8(12(17)18)3-6(13)4-9(10)14/h3-5,7H,2H2,1H3,(H,15,16)(H,17,18). The highest BCUT2D eigenvalue weighted by Gasteiger charge is 2.39. The van der Waals surface area contributed by atoms with Gasteiger partial charge in [-0.05, 0) is 24.5 Å². The molecule has 0 spiro atoms. The van der Waals surface area contributed by atoms with Crippen molar-refractivity contribution in [3.8, 4) is 0 Å². The van der Waals surface area contributed by atoms with Gasteiger partial charge in [0, 0.05) is 10.9 Å². The van der Waals surface area contributed by atoms with E-state index in [0.29, 0.717) is 5.92 Å². The van der Waals surface area contributed by atoms with Gasteiger partial charge in [0.15, 0.2) is 0 Å². The molecule has 0 bridgehead atoms. The summed E-state index contributed by atoms with van der Waals surface area (Å²) in [7, 11) is 0. The molecule has 96 valence electrons. The van der Waals surface area contributed by atoms with Crippen molar-refractivity contribution in [1.82, 2.24) is 0 Å². The van der Waals surface area contributed by atoms with Crippen LogP contribution in [0.1, 0.15) is 23.7 Å². The van der Waals surface area contributed by atoms with Crippen LogP contribution in [-0.2, 0) is 4.79 Å². The number of amides is 1. The number of carbonyl (C=O) groups excluding carboxylic acids is 1. The number of nitrogens with one attached hydrogen (secondary N) is 1. The van der Waals surface area contributed by atoms with Gasteiger partial charge in [-0.25, -0.2) is 4.79 Å². The van der Waals surface area contributed by atoms with Crippen LogP contribution in [0.4, 0.5) is 5.69 Å². The van der Waals surface area contributed by atoms with E-state index in [1.54, 1.807) is 0 Å². The number of carboxylic acid groups (broad SMARTS) is 1. The Hall–Kier alpha value is -1.26. The van der Waals surface area contributed by atoms with Crippen molar-refractivity contribution >= 4 is 40.8 Å². The third kappa shape index (κ3) is 2.60. The third-order valence-corrected chi connectivity index (χ3v) is 3.50. The van der Waals surface area contributed by atoms with Crippen molar-refractivity contribution in [3.05, 3.63) is 27.7 Å². The van der Waals surface area contributed by atoms with E-state index in [-0.39, 0.29) is 33.1 Å². The van der Waals surface area contributed by atoms with E-state index in [1.165, 1.54) is 12.1 Å². The first-order valence-corrected chi connectivity index (χ1v) is 6.19. The van der Waals surface area contributed by atoms with Gasteiger partial charge >= 0.3 is 5.97 Å². The molecule has 4 nitrogen and oxygen atoms in total. The summed E-state index contributed by atoms with van der Waals surface area (Å²) in [5, 5.41) is 12.0. The number of aromatic carboxylic acids is 1. The molecule has 1 aliphatic rings. The Morgan fingerprint density at radius 2 is 2.00 bits per heavy atom. The van der Waals surface area contributed by atoms with E-state index in [9.17, 15) is 9.59 Å². The topological polar surface area (TPSA) is 66.4 Å². The van der Waals surface area contributed by atoms with Crippen LogP contribution < -0.4 is 5.32 Å². The lowest BCUT2D eigenvalue weighted by Crippen LogP contribution is -2.17. The van der Waals surface area contributed by atoms with Crippen LogP contribution in [0.2, 0.25) is 10.0 Å². The number of carboxylic acids is 1. The molecule has 1 aromatic rings. The highest BCUT2D eigenvalue weighted by Crippen LogP contribution is 2.39. The molecule has 2 unspecified atom stereocenters. The Morgan fingerprint density at radius 3 is 2.50 bits per heavy atom. The normalized spacial score (nSPS) is 21.5. The van der Waals surface area contributed by atoms with Gasteiger partial charge in [0.05, 0.1) is 16.3 Å². The third-order valence-electron chi connectivity index (χ3n) is 2.98. The van der Waals surface area contributed by atoms with Crippen molar-refractivity contribution in [2.24, 2.45) is 11.8 Å². The van der Waals surface area contributed by atoms with Crippen molar-refractivity contribution < 1.29 is 14.7 Å². The molecule has 18 heavy (non-hydrogen) atoms. The van der Waals surface area contributed by atoms with Gasteiger partial charge in [-0.3, -0.25) is 4.79 Å². The number of halogens is 2. The molecule has 1 fully saturated rings. The average molecular weight is 288 g/mol. The van der Waals surface area contributed by atoms with Crippen LogP contribution in [0, 0.1) is 11.8 Å². The van der Waals surface area contributed by atoms with Gasteiger partial charge in [-0.15, -0.1) is 0 Å². The minimum Gasteiger partial charge on any atom is -0.478 e. The van der Waals surface area contributed by atoms with Gasteiger partial charge in [-0.1, -0.05) is 30.1 Å². The predicted molar refractivity (Wildman–Crippen MR) is 69.3 cm³/mol. The Labute approximate surface area is 114 Å². The molecular formula is C12H11Cl2NO3. The van der Waals surface area contributed by atoms with Crippen LogP contribution in [0.3, 0.4) is 0 Å². The SMILES string of the molecule is CC1CC1C(=O)Nc1c(Cl)cc(Cl)cc1C(=O)O. The largest absolute Gasteiger partial charge is 0.478 e. The average Bonchev–Trinajstić information content (AvgIpc) is 2.98. The lowest BCUT2D eigenvalue weighted by atomic mass is 10.1. The maximum Gasteiger partial charge on any atom is 0.337 e. The summed E-state index contributed by atoms with van der Waals surface area (Å²) in [6.45, 7) is 1.96. The van der Waals surface area contributed by atoms with E-state index < -0.39 is 5.97 Å². The second-order valence-corrected chi connectivity index (χ2v) is 5.27. The van der Waals surface area contributed by atoms with Gasteiger partial charge in [0.2, 0.25) is 5.91 Å². The minimum absolute atomic E-state index is 0.0570. The summed E-state index contributed by atoms with van der Waals surface area (Å²) < 4.78 is 0. The molecule has 0 aliphatic heterocycles. The zero-order valence-corrected chi connectivity index (χ0v) is 11.0. The smallest absolute Gasteiger partial charge is 0.337 e. The quantitative estimate of drug-likeness (QED) is 0.896. The Kier molecular flexibility index (Phi) is 3.50. The summed E-state index contributed by atoms with van der Waals surface area (Å²) in [6.07, 6.45) is 0.819. The first-order chi connectivity index (χ1) is 8.40. The molecule has 0 aromatic heterocycles. The number of anilines is 1. The Morgan fingerprint density at radius 1 is 1.39 bits per heavy atom. The van der Waals surface area contributed by atoms with Crippen LogP contribution in [0.25, 0.3) is 0 Å². The second-order valence-electron chi connectivity index (χ2n) is 4.42. The van der Waals surface area contributed by atoms with Crippen LogP contribution in [0.15, 0.2) is 12.1 Å². The molecule has 6 heteroatoms. The monoisotopic (exact) mass is 287 g/mol. The van der Waals surface area contributed by atoms with Crippen molar-refractivity contribution in [3.63, 3.8) is 0 Å². The molecule has 0 saturated heterocycles. The fraction of sp³-hybridized carbons (Fsp3) is 0.333. The molecule has 1 saturated carbocycles. The Bertz CT molecular complexity index is 530. The van der Waals surface area contributed by atoms with Crippen LogP contribution in [-0.4, -0.2) is 17.0 Å². The van der Waals surface area contributed by atoms with Crippen molar-refractivity contribution in [1.29, 1.82) is 0 Å². The number of hydrogen-bond donors (Lipinski definition) is 2. The highest BCUT2D eigenvalue weighted by molar-refractivity contribution is 6.37. The molecule has 0 radical (unpaired) electrons. The van der Waals surface area contributed by atoms with E-state index in [2.05, 4.69) is 5.32 Å². The van der Waals surface area contributed by atoms with E-state index >= 15 is 0 Å². The van der Waals surface area contributed by atoms with Gasteiger partial charge in [0.25, 0.3) is 0 Å². The van der Waals surface area contributed by atoms with Crippen molar-refractivity contribution in [2.75, 3.05) is 5.32 Å². The second kappa shape index (κ2) is 4.78. The fourth-order valence-electron chi connectivity index (χ4n) is 1.77. The molecular weight excluding hydrogens is 277 g/mol. The first-order valence-electron chi connectivity index (χ1n) is 5.43. The molecule has 1 aliphatic carbocycles. The lowest BCUT2D eigenvalue weighted by molar-refractivity contribution is -0.117. The number of carbonyl (C=O) groups is 2. The maximum atomic E-state index is 11.8. The van der Waals surface area contributed by atoms with Crippen molar-refractivity contribution in [2.45, 2.75) is 13.3 Å². The van der Waals surface area contributed by atoms with Crippen LogP contribution in [0.5, 0.6) is 0 Å². The molecule has 1 amide bonds. The molecule has 2 N–H and O–H groups in total. The predicted octanol–water partition coefficient (Wildman–Crippen LogP) is 3.29. The van der Waals surface area contributed by atoms with Gasteiger partial charge in [0.1, 0.15) is 0 Å². The molecule has 2 atom stereocenters. The summed E-state index contributed by atoms with van der Waals surface area (Å²) in [5.41, 5.74) is 0.00631. The molecule has 0 heterocycles. The van der Waals surface area contributed by atoms with E-state index in [4.69, 9.17) is 28.3 Å². The number of hydrogen-bond acceptors (Lipinski definition) is 2. The zero-order chi connectivity index (χ0) is 13.4. The summed E-state index contributed by atoms with van der Waals surface area (Å²) >= 11 is 11.7. The zero-order valence-electron chi connectivity index (χ0n) is 9.54. The highest BCUT2D eigenvalue weighted by atomic mass is 35.5. The number of rotatable bonds is 3. The Balaban J connectivity index is 2.31. The van der Waals surface area contributed by atoms with E-state index in [0.717, 1.165) is 6.42 Å². The first kappa shape index (κ1) is 13.2. The maximum absolute atomic E-state index is 11.8. The summed E-state index contributed by atoms with van der Waals surface area (Å²) in [5.74, 6) is -1.10. The number of benzene rings is 1. The minimum atomic E-state index is -1.18. The van der Waals surface area contributed by atoms with Crippen LogP contribution >= 0.6 is 23.2 Å². The van der Waals surface area contributed by atoms with Gasteiger partial charge < -0.3 is 10.4 Å². The van der Waals surface area contributed by atoms with E-state index in [1.807, 2.05) is 6.92 Å². The fourth-order valence-corrected chi connectivity index (χ4v) is 2.31. The lowest BCUT2D eigenvalue weighted by Gasteiger charge is -2.10. The summed E-state index contributed by atoms with van der Waals surface area (Å²) in [6, 6.07) is 2.67. The van der Waals surface area contributed by atoms with Gasteiger partial charge in [-0.2, -0.15) is 0 Å².